The first-order valence-corrected chi connectivity index (χ1v) is 9.32. The molecule has 148 valence electrons. The molecule has 0 saturated carbocycles. The van der Waals surface area contributed by atoms with E-state index in [9.17, 15) is 14.7 Å². The summed E-state index contributed by atoms with van der Waals surface area (Å²) in [6, 6.07) is 5.39. The van der Waals surface area contributed by atoms with Gasteiger partial charge >= 0.3 is 5.97 Å². The molecule has 1 N–H and O–H groups in total. The molecule has 2 aromatic rings. The van der Waals surface area contributed by atoms with Crippen molar-refractivity contribution in [1.29, 1.82) is 0 Å². The van der Waals surface area contributed by atoms with Crippen molar-refractivity contribution in [3.05, 3.63) is 29.6 Å². The van der Waals surface area contributed by atoms with Gasteiger partial charge in [-0.3, -0.25) is 9.59 Å². The predicted molar refractivity (Wildman–Crippen MR) is 97.9 cm³/mol. The Balaban J connectivity index is 1.61. The van der Waals surface area contributed by atoms with Gasteiger partial charge in [-0.1, -0.05) is 5.21 Å². The van der Waals surface area contributed by atoms with Crippen LogP contribution in [0.2, 0.25) is 0 Å². The third kappa shape index (κ3) is 3.17. The van der Waals surface area contributed by atoms with Crippen molar-refractivity contribution in [2.24, 2.45) is 5.92 Å². The number of aromatic nitrogens is 3. The van der Waals surface area contributed by atoms with Gasteiger partial charge in [-0.25, -0.2) is 4.68 Å². The molecule has 9 heteroatoms. The van der Waals surface area contributed by atoms with Crippen LogP contribution in [0.3, 0.4) is 0 Å². The van der Waals surface area contributed by atoms with Gasteiger partial charge in [-0.2, -0.15) is 0 Å². The topological polar surface area (TPSA) is 107 Å². The van der Waals surface area contributed by atoms with Gasteiger partial charge in [0, 0.05) is 18.7 Å². The molecular weight excluding hydrogens is 364 g/mol. The average Bonchev–Trinajstić information content (AvgIpc) is 3.08. The lowest BCUT2D eigenvalue weighted by molar-refractivity contribution is -0.143. The maximum atomic E-state index is 13.0. The van der Waals surface area contributed by atoms with Crippen LogP contribution in [0, 0.1) is 12.8 Å². The minimum atomic E-state index is -0.874. The number of amides is 1. The summed E-state index contributed by atoms with van der Waals surface area (Å²) < 4.78 is 12.7. The Hall–Kier alpha value is -3.10. The molecular formula is C19H22N4O5. The number of carboxylic acid groups (broad SMARTS) is 1. The number of carbonyl (C=O) groups excluding carboxylic acids is 1. The number of hydrogen-bond donors (Lipinski definition) is 1. The lowest BCUT2D eigenvalue weighted by atomic mass is 9.93. The van der Waals surface area contributed by atoms with Gasteiger partial charge in [0.05, 0.1) is 17.3 Å². The number of likely N-dealkylation sites (tertiary alicyclic amines) is 1. The Labute approximate surface area is 161 Å². The number of hydrogen-bond acceptors (Lipinski definition) is 6. The van der Waals surface area contributed by atoms with E-state index in [2.05, 4.69) is 10.3 Å². The molecule has 0 bridgehead atoms. The largest absolute Gasteiger partial charge is 0.486 e. The van der Waals surface area contributed by atoms with E-state index in [4.69, 9.17) is 9.47 Å². The van der Waals surface area contributed by atoms with E-state index >= 15 is 0 Å². The monoisotopic (exact) mass is 386 g/mol. The number of piperidine rings is 1. The van der Waals surface area contributed by atoms with Gasteiger partial charge in [0.15, 0.2) is 17.2 Å². The van der Waals surface area contributed by atoms with Crippen LogP contribution < -0.4 is 9.47 Å². The highest BCUT2D eigenvalue weighted by molar-refractivity contribution is 5.94. The molecule has 2 aliphatic heterocycles. The maximum Gasteiger partial charge on any atom is 0.308 e. The first kappa shape index (κ1) is 18.3. The fourth-order valence-electron chi connectivity index (χ4n) is 3.66. The summed E-state index contributed by atoms with van der Waals surface area (Å²) in [6.45, 7) is 4.88. The average molecular weight is 386 g/mol. The first-order valence-electron chi connectivity index (χ1n) is 9.32. The lowest BCUT2D eigenvalue weighted by Crippen LogP contribution is -2.47. The zero-order valence-corrected chi connectivity index (χ0v) is 15.8. The zero-order chi connectivity index (χ0) is 19.8. The van der Waals surface area contributed by atoms with Crippen LogP contribution in [0.1, 0.15) is 35.9 Å². The van der Waals surface area contributed by atoms with E-state index in [-0.39, 0.29) is 24.2 Å². The van der Waals surface area contributed by atoms with Crippen LogP contribution in [0.25, 0.3) is 5.69 Å². The Bertz CT molecular complexity index is 925. The summed E-state index contributed by atoms with van der Waals surface area (Å²) in [4.78, 5) is 26.0. The number of ether oxygens (including phenoxy) is 2. The van der Waals surface area contributed by atoms with Crippen molar-refractivity contribution in [2.45, 2.75) is 32.7 Å². The van der Waals surface area contributed by atoms with Crippen molar-refractivity contribution in [2.75, 3.05) is 19.8 Å². The summed E-state index contributed by atoms with van der Waals surface area (Å²) in [5.74, 6) is -0.416. The lowest BCUT2D eigenvalue weighted by Gasteiger charge is -2.36. The molecule has 28 heavy (non-hydrogen) atoms. The molecule has 1 amide bonds. The Kier molecular flexibility index (Phi) is 4.66. The Morgan fingerprint density at radius 3 is 2.68 bits per heavy atom. The van der Waals surface area contributed by atoms with Gasteiger partial charge in [-0.05, 0) is 38.8 Å². The first-order chi connectivity index (χ1) is 13.5. The molecule has 1 aromatic carbocycles. The molecule has 4 rings (SSSR count). The molecule has 0 radical (unpaired) electrons. The van der Waals surface area contributed by atoms with Gasteiger partial charge < -0.3 is 19.5 Å². The van der Waals surface area contributed by atoms with Gasteiger partial charge in [0.1, 0.15) is 13.2 Å². The molecule has 3 heterocycles. The van der Waals surface area contributed by atoms with E-state index in [0.29, 0.717) is 48.9 Å². The van der Waals surface area contributed by atoms with Crippen LogP contribution in [-0.2, 0) is 4.79 Å². The van der Waals surface area contributed by atoms with Crippen LogP contribution >= 0.6 is 0 Å². The molecule has 9 nitrogen and oxygen atoms in total. The third-order valence-corrected chi connectivity index (χ3v) is 5.36. The molecule has 0 aliphatic carbocycles. The summed E-state index contributed by atoms with van der Waals surface area (Å²) in [7, 11) is 0. The van der Waals surface area contributed by atoms with Crippen LogP contribution in [0.4, 0.5) is 0 Å². The summed E-state index contributed by atoms with van der Waals surface area (Å²) >= 11 is 0. The van der Waals surface area contributed by atoms with E-state index in [0.717, 1.165) is 0 Å². The fraction of sp³-hybridized carbons (Fsp3) is 0.474. The molecule has 0 spiro atoms. The van der Waals surface area contributed by atoms with Gasteiger partial charge in [-0.15, -0.1) is 5.10 Å². The highest BCUT2D eigenvalue weighted by atomic mass is 16.6. The maximum absolute atomic E-state index is 13.0. The molecule has 1 aromatic heterocycles. The number of aliphatic carboxylic acids is 1. The van der Waals surface area contributed by atoms with Gasteiger partial charge in [0.2, 0.25) is 0 Å². The van der Waals surface area contributed by atoms with Crippen LogP contribution in [0.5, 0.6) is 11.5 Å². The van der Waals surface area contributed by atoms with Crippen molar-refractivity contribution < 1.29 is 24.2 Å². The van der Waals surface area contributed by atoms with Crippen LogP contribution in [0.15, 0.2) is 18.2 Å². The standard InChI is InChI=1S/C19H22N4O5/c1-11-3-4-13(19(25)26)10-22(11)18(24)17-12(2)23(21-20-17)14-5-6-15-16(9-14)28-8-7-27-15/h5-6,9,11,13H,3-4,7-8,10H2,1-2H3,(H,25,26). The smallest absolute Gasteiger partial charge is 0.308 e. The summed E-state index contributed by atoms with van der Waals surface area (Å²) in [6.07, 6.45) is 1.22. The number of benzene rings is 1. The zero-order valence-electron chi connectivity index (χ0n) is 15.8. The number of rotatable bonds is 3. The normalized spacial score (nSPS) is 21.4. The minimum absolute atomic E-state index is 0.0399. The number of carbonyl (C=O) groups is 2. The quantitative estimate of drug-likeness (QED) is 0.855. The second-order valence-electron chi connectivity index (χ2n) is 7.18. The Morgan fingerprint density at radius 1 is 1.18 bits per heavy atom. The second kappa shape index (κ2) is 7.14. The van der Waals surface area contributed by atoms with Crippen molar-refractivity contribution in [1.82, 2.24) is 19.9 Å². The summed E-state index contributed by atoms with van der Waals surface area (Å²) in [5, 5.41) is 17.5. The number of fused-ring (bicyclic) bond motifs is 1. The van der Waals surface area contributed by atoms with E-state index in [1.165, 1.54) is 0 Å². The molecule has 2 atom stereocenters. The molecule has 1 fully saturated rings. The molecule has 1 saturated heterocycles. The minimum Gasteiger partial charge on any atom is -0.486 e. The highest BCUT2D eigenvalue weighted by Gasteiger charge is 2.35. The third-order valence-electron chi connectivity index (χ3n) is 5.36. The van der Waals surface area contributed by atoms with Crippen molar-refractivity contribution >= 4 is 11.9 Å². The second-order valence-corrected chi connectivity index (χ2v) is 7.18. The number of nitrogens with zero attached hydrogens (tertiary/aromatic N) is 4. The molecule has 2 unspecified atom stereocenters. The van der Waals surface area contributed by atoms with E-state index in [1.807, 2.05) is 13.0 Å². The number of carboxylic acids is 1. The Morgan fingerprint density at radius 2 is 1.93 bits per heavy atom. The summed E-state index contributed by atoms with van der Waals surface area (Å²) in [5.41, 5.74) is 1.53. The van der Waals surface area contributed by atoms with Crippen LogP contribution in [-0.4, -0.2) is 62.7 Å². The highest BCUT2D eigenvalue weighted by Crippen LogP contribution is 2.32. The molecule has 2 aliphatic rings. The fourth-order valence-corrected chi connectivity index (χ4v) is 3.66. The van der Waals surface area contributed by atoms with Crippen molar-refractivity contribution in [3.8, 4) is 17.2 Å². The predicted octanol–water partition coefficient (Wildman–Crippen LogP) is 1.67. The van der Waals surface area contributed by atoms with E-state index in [1.54, 1.807) is 28.6 Å². The van der Waals surface area contributed by atoms with E-state index < -0.39 is 11.9 Å². The van der Waals surface area contributed by atoms with Crippen molar-refractivity contribution in [3.63, 3.8) is 0 Å². The van der Waals surface area contributed by atoms with Gasteiger partial charge in [0.25, 0.3) is 5.91 Å². The SMILES string of the molecule is Cc1c(C(=O)N2CC(C(=O)O)CCC2C)nnn1-c1ccc2c(c1)OCCO2.